The molecule has 2 rings (SSSR count). The zero-order valence-electron chi connectivity index (χ0n) is 10.3. The van der Waals surface area contributed by atoms with Gasteiger partial charge in [-0.05, 0) is 20.8 Å². The van der Waals surface area contributed by atoms with Gasteiger partial charge in [0.2, 0.25) is 0 Å². The summed E-state index contributed by atoms with van der Waals surface area (Å²) in [5, 5.41) is 0. The lowest BCUT2D eigenvalue weighted by Gasteiger charge is -2.28. The zero-order valence-corrected chi connectivity index (χ0v) is 10.3. The summed E-state index contributed by atoms with van der Waals surface area (Å²) >= 11 is 0. The molecule has 5 nitrogen and oxygen atoms in total. The summed E-state index contributed by atoms with van der Waals surface area (Å²) in [6.07, 6.45) is 6.39. The van der Waals surface area contributed by atoms with Gasteiger partial charge in [0.25, 0.3) is 0 Å². The van der Waals surface area contributed by atoms with Gasteiger partial charge in [0, 0.05) is 6.54 Å². The molecule has 0 saturated carbocycles. The van der Waals surface area contributed by atoms with Crippen LogP contribution < -0.4 is 0 Å². The van der Waals surface area contributed by atoms with Gasteiger partial charge in [0.05, 0.1) is 12.5 Å². The molecule has 0 aromatic carbocycles. The van der Waals surface area contributed by atoms with Gasteiger partial charge in [-0.15, -0.1) is 0 Å². The van der Waals surface area contributed by atoms with Gasteiger partial charge in [-0.1, -0.05) is 12.2 Å². The Morgan fingerprint density at radius 2 is 2.06 bits per heavy atom. The van der Waals surface area contributed by atoms with Crippen molar-refractivity contribution in [1.29, 1.82) is 0 Å². The van der Waals surface area contributed by atoms with Crippen LogP contribution in [0.15, 0.2) is 24.7 Å². The van der Waals surface area contributed by atoms with E-state index in [-0.39, 0.29) is 12.0 Å². The first kappa shape index (κ1) is 11.9. The second-order valence-corrected chi connectivity index (χ2v) is 4.96. The van der Waals surface area contributed by atoms with Gasteiger partial charge in [-0.3, -0.25) is 4.90 Å². The Hall–Kier alpha value is -1.59. The number of carbonyl (C=O) groups is 1. The van der Waals surface area contributed by atoms with E-state index in [2.05, 4.69) is 0 Å². The van der Waals surface area contributed by atoms with Gasteiger partial charge in [0.1, 0.15) is 11.5 Å². The van der Waals surface area contributed by atoms with Crippen molar-refractivity contribution in [2.75, 3.05) is 6.54 Å². The lowest BCUT2D eigenvalue weighted by Crippen LogP contribution is -2.48. The fourth-order valence-corrected chi connectivity index (χ4v) is 1.71. The van der Waals surface area contributed by atoms with Crippen molar-refractivity contribution >= 4 is 13.2 Å². The first-order valence-corrected chi connectivity index (χ1v) is 5.59. The van der Waals surface area contributed by atoms with Crippen LogP contribution in [0.4, 0.5) is 4.79 Å². The van der Waals surface area contributed by atoms with E-state index in [1.165, 1.54) is 12.5 Å². The number of nitrogens with zero attached hydrogens (tertiary/aromatic N) is 1. The molecule has 0 saturated heterocycles. The lowest BCUT2D eigenvalue weighted by molar-refractivity contribution is 0.0267. The molecule has 2 aliphatic rings. The molecule has 1 atom stereocenters. The Balaban J connectivity index is 1.98. The van der Waals surface area contributed by atoms with Crippen molar-refractivity contribution in [1.82, 2.24) is 4.90 Å². The molecule has 0 bridgehead atoms. The van der Waals surface area contributed by atoms with E-state index in [1.54, 1.807) is 4.90 Å². The quantitative estimate of drug-likeness (QED) is 0.514. The third kappa shape index (κ3) is 2.75. The molecule has 2 aliphatic heterocycles. The maximum Gasteiger partial charge on any atom is 0.622 e. The molecule has 0 N–H and O–H groups in total. The number of rotatable bonds is 1. The smallest absolute Gasteiger partial charge is 0.528 e. The number of amides is 1. The number of ether oxygens (including phenoxy) is 1. The van der Waals surface area contributed by atoms with Crippen LogP contribution >= 0.6 is 0 Å². The topological polar surface area (TPSA) is 48.0 Å². The first-order chi connectivity index (χ1) is 7.97. The summed E-state index contributed by atoms with van der Waals surface area (Å²) in [6, 6.07) is 0. The summed E-state index contributed by atoms with van der Waals surface area (Å²) in [6.45, 7) is 6.04. The molecule has 0 fully saturated rings. The molecule has 17 heavy (non-hydrogen) atoms. The van der Waals surface area contributed by atoms with Crippen molar-refractivity contribution in [3.63, 3.8) is 0 Å². The molecule has 1 amide bonds. The van der Waals surface area contributed by atoms with Gasteiger partial charge < -0.3 is 14.0 Å². The molecule has 6 heteroatoms. The van der Waals surface area contributed by atoms with Crippen LogP contribution in [-0.2, 0) is 14.0 Å². The molecular formula is C11H16BNO4. The summed E-state index contributed by atoms with van der Waals surface area (Å²) < 4.78 is 15.8. The van der Waals surface area contributed by atoms with Crippen molar-refractivity contribution in [3.05, 3.63) is 24.7 Å². The van der Waals surface area contributed by atoms with Gasteiger partial charge >= 0.3 is 13.2 Å². The van der Waals surface area contributed by atoms with Gasteiger partial charge in [-0.25, -0.2) is 4.79 Å². The van der Waals surface area contributed by atoms with Crippen LogP contribution in [0.5, 0.6) is 0 Å². The standard InChI is InChI=1S/C11H16BNO4/c1-11(2,3)17-10(14)13-6-4-5-9(13)12-15-7-8-16-12/h4-5,7-9H,6H2,1-3H3. The van der Waals surface area contributed by atoms with Gasteiger partial charge in [-0.2, -0.15) is 0 Å². The van der Waals surface area contributed by atoms with Crippen LogP contribution in [0.25, 0.3) is 0 Å². The first-order valence-electron chi connectivity index (χ1n) is 5.59. The Bertz CT molecular complexity index is 353. The minimum atomic E-state index is -0.500. The van der Waals surface area contributed by atoms with E-state index >= 15 is 0 Å². The minimum absolute atomic E-state index is 0.236. The van der Waals surface area contributed by atoms with Gasteiger partial charge in [0.15, 0.2) is 0 Å². The van der Waals surface area contributed by atoms with Crippen LogP contribution in [0, 0.1) is 0 Å². The molecular weight excluding hydrogens is 221 g/mol. The summed E-state index contributed by atoms with van der Waals surface area (Å²) in [4.78, 5) is 13.5. The number of hydrogen-bond acceptors (Lipinski definition) is 4. The fraction of sp³-hybridized carbons (Fsp3) is 0.545. The Morgan fingerprint density at radius 3 is 2.65 bits per heavy atom. The van der Waals surface area contributed by atoms with E-state index < -0.39 is 12.7 Å². The highest BCUT2D eigenvalue weighted by molar-refractivity contribution is 6.48. The molecule has 0 aromatic heterocycles. The SMILES string of the molecule is CC(C)(C)OC(=O)N1CC=CC1B1OC=CO1. The second-order valence-electron chi connectivity index (χ2n) is 4.96. The average Bonchev–Trinajstić information content (AvgIpc) is 2.85. The highest BCUT2D eigenvalue weighted by Gasteiger charge is 2.43. The Kier molecular flexibility index (Phi) is 3.04. The van der Waals surface area contributed by atoms with Crippen molar-refractivity contribution in [3.8, 4) is 0 Å². The summed E-state index contributed by atoms with van der Waals surface area (Å²) in [5.41, 5.74) is -0.500. The fourth-order valence-electron chi connectivity index (χ4n) is 1.71. The minimum Gasteiger partial charge on any atom is -0.528 e. The average molecular weight is 237 g/mol. The third-order valence-corrected chi connectivity index (χ3v) is 2.38. The normalized spacial score (nSPS) is 22.6. The van der Waals surface area contributed by atoms with E-state index in [9.17, 15) is 4.79 Å². The highest BCUT2D eigenvalue weighted by atomic mass is 16.6. The monoisotopic (exact) mass is 237 g/mol. The van der Waals surface area contributed by atoms with Crippen LogP contribution in [0.2, 0.25) is 0 Å². The van der Waals surface area contributed by atoms with Crippen molar-refractivity contribution in [2.45, 2.75) is 32.3 Å². The maximum atomic E-state index is 12.0. The Morgan fingerprint density at radius 1 is 1.41 bits per heavy atom. The predicted octanol–water partition coefficient (Wildman–Crippen LogP) is 1.71. The third-order valence-electron chi connectivity index (χ3n) is 2.38. The van der Waals surface area contributed by atoms with E-state index in [0.717, 1.165) is 0 Å². The van der Waals surface area contributed by atoms with Crippen LogP contribution in [-0.4, -0.2) is 36.2 Å². The van der Waals surface area contributed by atoms with E-state index in [0.29, 0.717) is 6.54 Å². The Labute approximate surface area is 101 Å². The van der Waals surface area contributed by atoms with Crippen molar-refractivity contribution in [2.24, 2.45) is 0 Å². The molecule has 1 unspecified atom stereocenters. The molecule has 0 radical (unpaired) electrons. The molecule has 0 aliphatic carbocycles. The highest BCUT2D eigenvalue weighted by Crippen LogP contribution is 2.20. The van der Waals surface area contributed by atoms with Crippen LogP contribution in [0.1, 0.15) is 20.8 Å². The number of hydrogen-bond donors (Lipinski definition) is 0. The van der Waals surface area contributed by atoms with Crippen LogP contribution in [0.3, 0.4) is 0 Å². The largest absolute Gasteiger partial charge is 0.622 e. The van der Waals surface area contributed by atoms with E-state index in [1.807, 2.05) is 32.9 Å². The summed E-state index contributed by atoms with van der Waals surface area (Å²) in [7, 11) is -0.471. The number of carbonyl (C=O) groups excluding carboxylic acids is 1. The molecule has 2 heterocycles. The molecule has 92 valence electrons. The van der Waals surface area contributed by atoms with Crippen molar-refractivity contribution < 1.29 is 18.8 Å². The van der Waals surface area contributed by atoms with E-state index in [4.69, 9.17) is 14.0 Å². The second kappa shape index (κ2) is 4.35. The lowest BCUT2D eigenvalue weighted by atomic mass is 9.78. The molecule has 0 aromatic rings. The molecule has 0 spiro atoms. The maximum absolute atomic E-state index is 12.0. The predicted molar refractivity (Wildman–Crippen MR) is 62.9 cm³/mol. The summed E-state index contributed by atoms with van der Waals surface area (Å²) in [5.74, 6) is -0.236. The zero-order chi connectivity index (χ0) is 12.5.